The Hall–Kier alpha value is -1.00. The number of carbonyl (C=O) groups excluding carboxylic acids is 1. The third kappa shape index (κ3) is 3.27. The van der Waals surface area contributed by atoms with Gasteiger partial charge in [0.2, 0.25) is 5.91 Å². The van der Waals surface area contributed by atoms with Crippen molar-refractivity contribution in [1.29, 1.82) is 0 Å². The van der Waals surface area contributed by atoms with Crippen LogP contribution in [-0.2, 0) is 10.2 Å². The van der Waals surface area contributed by atoms with Crippen LogP contribution in [-0.4, -0.2) is 36.5 Å². The van der Waals surface area contributed by atoms with E-state index in [1.165, 1.54) is 17.1 Å². The van der Waals surface area contributed by atoms with Crippen molar-refractivity contribution in [3.05, 3.63) is 35.9 Å². The minimum Gasteiger partial charge on any atom is -0.353 e. The molecule has 0 spiro atoms. The summed E-state index contributed by atoms with van der Waals surface area (Å²) in [4.78, 5) is 13.0. The normalized spacial score (nSPS) is 22.7. The van der Waals surface area contributed by atoms with Crippen LogP contribution in [0.3, 0.4) is 0 Å². The monoisotopic (exact) mass is 304 g/mol. The number of hydrogen-bond acceptors (Lipinski definition) is 3. The fourth-order valence-corrected chi connectivity index (χ4v) is 4.53. The Balaban J connectivity index is 1.79. The molecule has 2 heterocycles. The molecule has 0 bridgehead atoms. The van der Waals surface area contributed by atoms with Crippen LogP contribution >= 0.6 is 11.8 Å². The Kier molecular flexibility index (Phi) is 4.86. The van der Waals surface area contributed by atoms with Gasteiger partial charge in [-0.1, -0.05) is 30.3 Å². The fourth-order valence-electron chi connectivity index (χ4n) is 3.42. The van der Waals surface area contributed by atoms with Crippen LogP contribution in [0.2, 0.25) is 0 Å². The van der Waals surface area contributed by atoms with Crippen LogP contribution in [0.1, 0.15) is 31.2 Å². The maximum atomic E-state index is 13.0. The Morgan fingerprint density at radius 3 is 2.48 bits per heavy atom. The van der Waals surface area contributed by atoms with Crippen molar-refractivity contribution in [2.45, 2.75) is 37.1 Å². The highest BCUT2D eigenvalue weighted by Gasteiger charge is 2.41. The van der Waals surface area contributed by atoms with E-state index in [9.17, 15) is 4.79 Å². The lowest BCUT2D eigenvalue weighted by molar-refractivity contribution is -0.128. The van der Waals surface area contributed by atoms with E-state index in [-0.39, 0.29) is 11.3 Å². The predicted octanol–water partition coefficient (Wildman–Crippen LogP) is 2.32. The second-order valence-corrected chi connectivity index (χ2v) is 7.28. The molecule has 2 aliphatic rings. The SMILES string of the molecule is O=C(NC1CCSCC1)C1(c2ccccc2)CCNCC1. The summed E-state index contributed by atoms with van der Waals surface area (Å²) in [5.74, 6) is 2.59. The summed E-state index contributed by atoms with van der Waals surface area (Å²) in [5.41, 5.74) is 0.839. The molecule has 2 saturated heterocycles. The largest absolute Gasteiger partial charge is 0.353 e. The molecule has 2 aliphatic heterocycles. The maximum absolute atomic E-state index is 13.0. The summed E-state index contributed by atoms with van der Waals surface area (Å²) < 4.78 is 0. The third-order valence-corrected chi connectivity index (χ3v) is 5.82. The molecule has 1 aromatic rings. The number of piperidine rings is 1. The Morgan fingerprint density at radius 1 is 1.14 bits per heavy atom. The van der Waals surface area contributed by atoms with E-state index in [0.717, 1.165) is 38.8 Å². The summed E-state index contributed by atoms with van der Waals surface area (Å²) in [5, 5.41) is 6.73. The van der Waals surface area contributed by atoms with Crippen molar-refractivity contribution < 1.29 is 4.79 Å². The van der Waals surface area contributed by atoms with E-state index in [2.05, 4.69) is 22.8 Å². The van der Waals surface area contributed by atoms with Gasteiger partial charge >= 0.3 is 0 Å². The summed E-state index contributed by atoms with van der Waals surface area (Å²) >= 11 is 2.00. The lowest BCUT2D eigenvalue weighted by atomic mass is 9.72. The second kappa shape index (κ2) is 6.84. The van der Waals surface area contributed by atoms with Crippen molar-refractivity contribution in [1.82, 2.24) is 10.6 Å². The smallest absolute Gasteiger partial charge is 0.230 e. The molecule has 0 radical (unpaired) electrons. The zero-order valence-electron chi connectivity index (χ0n) is 12.4. The fraction of sp³-hybridized carbons (Fsp3) is 0.588. The number of thioether (sulfide) groups is 1. The van der Waals surface area contributed by atoms with Crippen molar-refractivity contribution in [3.63, 3.8) is 0 Å². The van der Waals surface area contributed by atoms with Crippen molar-refractivity contribution in [3.8, 4) is 0 Å². The number of benzene rings is 1. The molecule has 0 unspecified atom stereocenters. The first-order chi connectivity index (χ1) is 10.3. The van der Waals surface area contributed by atoms with Crippen LogP contribution < -0.4 is 10.6 Å². The first-order valence-corrected chi connectivity index (χ1v) is 9.12. The van der Waals surface area contributed by atoms with Crippen molar-refractivity contribution in [2.24, 2.45) is 0 Å². The summed E-state index contributed by atoms with van der Waals surface area (Å²) in [7, 11) is 0. The van der Waals surface area contributed by atoms with Gasteiger partial charge in [-0.3, -0.25) is 4.79 Å². The average Bonchev–Trinajstić information content (AvgIpc) is 2.57. The molecule has 1 aromatic carbocycles. The minimum absolute atomic E-state index is 0.243. The summed E-state index contributed by atoms with van der Waals surface area (Å²) in [6, 6.07) is 10.7. The zero-order chi connectivity index (χ0) is 14.5. The van der Waals surface area contributed by atoms with Crippen molar-refractivity contribution >= 4 is 17.7 Å². The Labute approximate surface area is 131 Å². The summed E-state index contributed by atoms with van der Waals surface area (Å²) in [6.07, 6.45) is 4.01. The predicted molar refractivity (Wildman–Crippen MR) is 88.7 cm³/mol. The van der Waals surface area contributed by atoms with Gasteiger partial charge in [0.25, 0.3) is 0 Å². The molecule has 114 valence electrons. The number of rotatable bonds is 3. The average molecular weight is 304 g/mol. The minimum atomic E-state index is -0.336. The number of nitrogens with one attached hydrogen (secondary N) is 2. The molecule has 0 atom stereocenters. The molecule has 2 fully saturated rings. The topological polar surface area (TPSA) is 41.1 Å². The first-order valence-electron chi connectivity index (χ1n) is 7.96. The van der Waals surface area contributed by atoms with E-state index in [0.29, 0.717) is 6.04 Å². The molecule has 0 saturated carbocycles. The maximum Gasteiger partial charge on any atom is 0.230 e. The molecular formula is C17H24N2OS. The Bertz CT molecular complexity index is 465. The van der Waals surface area contributed by atoms with Crippen LogP contribution in [0.15, 0.2) is 30.3 Å². The quantitative estimate of drug-likeness (QED) is 0.900. The molecule has 0 aromatic heterocycles. The number of hydrogen-bond donors (Lipinski definition) is 2. The van der Waals surface area contributed by atoms with Gasteiger partial charge in [0.15, 0.2) is 0 Å². The third-order valence-electron chi connectivity index (χ3n) is 4.77. The number of carbonyl (C=O) groups is 1. The van der Waals surface area contributed by atoms with E-state index < -0.39 is 0 Å². The standard InChI is InChI=1S/C17H24N2OS/c20-16(19-15-6-12-21-13-7-15)17(8-10-18-11-9-17)14-4-2-1-3-5-14/h1-5,15,18H,6-13H2,(H,19,20). The van der Waals surface area contributed by atoms with Crippen LogP contribution in [0.5, 0.6) is 0 Å². The molecule has 3 rings (SSSR count). The molecular weight excluding hydrogens is 280 g/mol. The van der Waals surface area contributed by atoms with Crippen LogP contribution in [0, 0.1) is 0 Å². The van der Waals surface area contributed by atoms with Gasteiger partial charge in [0, 0.05) is 6.04 Å². The van der Waals surface area contributed by atoms with Crippen molar-refractivity contribution in [2.75, 3.05) is 24.6 Å². The Morgan fingerprint density at radius 2 is 1.81 bits per heavy atom. The van der Waals surface area contributed by atoms with Gasteiger partial charge < -0.3 is 10.6 Å². The van der Waals surface area contributed by atoms with E-state index >= 15 is 0 Å². The van der Waals surface area contributed by atoms with E-state index in [1.807, 2.05) is 30.0 Å². The van der Waals surface area contributed by atoms with Gasteiger partial charge in [-0.15, -0.1) is 0 Å². The highest BCUT2D eigenvalue weighted by Crippen LogP contribution is 2.34. The molecule has 4 heteroatoms. The van der Waals surface area contributed by atoms with Gasteiger partial charge in [0.05, 0.1) is 5.41 Å². The summed E-state index contributed by atoms with van der Waals surface area (Å²) in [6.45, 7) is 1.84. The lowest BCUT2D eigenvalue weighted by Gasteiger charge is -2.38. The molecule has 2 N–H and O–H groups in total. The van der Waals surface area contributed by atoms with Gasteiger partial charge in [-0.25, -0.2) is 0 Å². The number of amides is 1. The zero-order valence-corrected chi connectivity index (χ0v) is 13.3. The van der Waals surface area contributed by atoms with Gasteiger partial charge in [0.1, 0.15) is 0 Å². The highest BCUT2D eigenvalue weighted by molar-refractivity contribution is 7.99. The van der Waals surface area contributed by atoms with Crippen LogP contribution in [0.4, 0.5) is 0 Å². The van der Waals surface area contributed by atoms with Gasteiger partial charge in [-0.05, 0) is 55.8 Å². The first kappa shape index (κ1) is 14.9. The molecule has 0 aliphatic carbocycles. The van der Waals surface area contributed by atoms with E-state index in [1.54, 1.807) is 0 Å². The second-order valence-electron chi connectivity index (χ2n) is 6.06. The lowest BCUT2D eigenvalue weighted by Crippen LogP contribution is -2.53. The van der Waals surface area contributed by atoms with E-state index in [4.69, 9.17) is 0 Å². The van der Waals surface area contributed by atoms with Crippen LogP contribution in [0.25, 0.3) is 0 Å². The highest BCUT2D eigenvalue weighted by atomic mass is 32.2. The van der Waals surface area contributed by atoms with Gasteiger partial charge in [-0.2, -0.15) is 11.8 Å². The molecule has 3 nitrogen and oxygen atoms in total. The molecule has 21 heavy (non-hydrogen) atoms. The molecule has 1 amide bonds.